The SMILES string of the molecule is CC1(C)CCC(C)(C)c2cc(-c3ccc4c(c3)oc3cccc(-c5nc(-c6ccc7cc(-c8ccccc8)ccc7c6)nc(-c6cccc7oc8ccccc8c67)n5)c34)ccc21. The highest BCUT2D eigenvalue weighted by Gasteiger charge is 2.37. The van der Waals surface area contributed by atoms with Gasteiger partial charge in [-0.2, -0.15) is 0 Å². The van der Waals surface area contributed by atoms with Crippen molar-refractivity contribution in [2.45, 2.75) is 51.4 Å². The van der Waals surface area contributed by atoms with Gasteiger partial charge >= 0.3 is 0 Å². The highest BCUT2D eigenvalue weighted by Crippen LogP contribution is 2.47. The van der Waals surface area contributed by atoms with Crippen LogP contribution in [0.3, 0.4) is 0 Å². The molecule has 298 valence electrons. The third-order valence-corrected chi connectivity index (χ3v) is 13.4. The van der Waals surface area contributed by atoms with Gasteiger partial charge in [-0.25, -0.2) is 15.0 Å². The smallest absolute Gasteiger partial charge is 0.164 e. The first kappa shape index (κ1) is 36.5. The normalized spacial score (nSPS) is 14.6. The van der Waals surface area contributed by atoms with Crippen LogP contribution in [-0.4, -0.2) is 15.0 Å². The molecule has 62 heavy (non-hydrogen) atoms. The predicted octanol–water partition coefficient (Wildman–Crippen LogP) is 15.5. The lowest BCUT2D eigenvalue weighted by Gasteiger charge is -2.42. The van der Waals surface area contributed by atoms with E-state index in [9.17, 15) is 0 Å². The third kappa shape index (κ3) is 5.87. The molecule has 3 aromatic heterocycles. The van der Waals surface area contributed by atoms with Gasteiger partial charge in [-0.1, -0.05) is 149 Å². The van der Waals surface area contributed by atoms with Crippen LogP contribution in [0.2, 0.25) is 0 Å². The topological polar surface area (TPSA) is 65.0 Å². The Morgan fingerprint density at radius 2 is 0.887 bits per heavy atom. The van der Waals surface area contributed by atoms with Crippen molar-refractivity contribution < 1.29 is 8.83 Å². The van der Waals surface area contributed by atoms with E-state index in [1.807, 2.05) is 48.5 Å². The Bertz CT molecular complexity index is 3590. The second kappa shape index (κ2) is 13.6. The maximum Gasteiger partial charge on any atom is 0.164 e. The molecule has 0 spiro atoms. The first-order valence-electron chi connectivity index (χ1n) is 21.5. The molecule has 0 fully saturated rings. The molecule has 1 aliphatic carbocycles. The Kier molecular flexibility index (Phi) is 7.98. The molecule has 0 aliphatic heterocycles. The summed E-state index contributed by atoms with van der Waals surface area (Å²) in [5, 5.41) is 6.25. The van der Waals surface area contributed by atoms with Crippen molar-refractivity contribution in [3.63, 3.8) is 0 Å². The molecule has 1 aliphatic rings. The fourth-order valence-electron chi connectivity index (χ4n) is 9.86. The average Bonchev–Trinajstić information content (AvgIpc) is 3.88. The van der Waals surface area contributed by atoms with E-state index in [1.54, 1.807) is 0 Å². The van der Waals surface area contributed by atoms with E-state index in [0.29, 0.717) is 17.5 Å². The Hall–Kier alpha value is -7.37. The van der Waals surface area contributed by atoms with E-state index in [-0.39, 0.29) is 10.8 Å². The number of para-hydroxylation sites is 1. The molecule has 11 aromatic rings. The lowest BCUT2D eigenvalue weighted by atomic mass is 9.63. The molecular formula is C57H43N3O2. The first-order chi connectivity index (χ1) is 30.2. The number of rotatable bonds is 5. The van der Waals surface area contributed by atoms with Crippen LogP contribution in [0.15, 0.2) is 173 Å². The summed E-state index contributed by atoms with van der Waals surface area (Å²) < 4.78 is 13.0. The van der Waals surface area contributed by atoms with Gasteiger partial charge in [0.25, 0.3) is 0 Å². The van der Waals surface area contributed by atoms with Gasteiger partial charge in [0.1, 0.15) is 22.3 Å². The Morgan fingerprint density at radius 1 is 0.371 bits per heavy atom. The zero-order valence-electron chi connectivity index (χ0n) is 35.2. The minimum absolute atomic E-state index is 0.121. The molecule has 0 unspecified atom stereocenters. The minimum atomic E-state index is 0.121. The van der Waals surface area contributed by atoms with Crippen molar-refractivity contribution in [1.82, 2.24) is 15.0 Å². The van der Waals surface area contributed by atoms with Crippen molar-refractivity contribution in [3.05, 3.63) is 175 Å². The van der Waals surface area contributed by atoms with Crippen LogP contribution in [0.5, 0.6) is 0 Å². The van der Waals surface area contributed by atoms with Crippen LogP contribution in [0, 0.1) is 0 Å². The largest absolute Gasteiger partial charge is 0.456 e. The molecule has 5 nitrogen and oxygen atoms in total. The van der Waals surface area contributed by atoms with E-state index in [1.165, 1.54) is 40.7 Å². The zero-order valence-corrected chi connectivity index (χ0v) is 35.2. The number of nitrogens with zero attached hydrogens (tertiary/aromatic N) is 3. The highest BCUT2D eigenvalue weighted by molar-refractivity contribution is 6.14. The predicted molar refractivity (Wildman–Crippen MR) is 254 cm³/mol. The molecule has 0 bridgehead atoms. The van der Waals surface area contributed by atoms with Crippen LogP contribution in [0.1, 0.15) is 51.7 Å². The summed E-state index contributed by atoms with van der Waals surface area (Å²) in [4.78, 5) is 15.8. The minimum Gasteiger partial charge on any atom is -0.456 e. The summed E-state index contributed by atoms with van der Waals surface area (Å²) >= 11 is 0. The second-order valence-electron chi connectivity index (χ2n) is 18.2. The first-order valence-corrected chi connectivity index (χ1v) is 21.5. The monoisotopic (exact) mass is 801 g/mol. The summed E-state index contributed by atoms with van der Waals surface area (Å²) in [5.41, 5.74) is 13.8. The fraction of sp³-hybridized carbons (Fsp3) is 0.140. The Morgan fingerprint density at radius 3 is 1.61 bits per heavy atom. The lowest BCUT2D eigenvalue weighted by molar-refractivity contribution is 0.332. The van der Waals surface area contributed by atoms with Crippen molar-refractivity contribution in [1.29, 1.82) is 0 Å². The molecule has 0 atom stereocenters. The van der Waals surface area contributed by atoms with Crippen LogP contribution < -0.4 is 0 Å². The van der Waals surface area contributed by atoms with Crippen molar-refractivity contribution in [2.75, 3.05) is 0 Å². The maximum absolute atomic E-state index is 6.69. The molecule has 0 radical (unpaired) electrons. The van der Waals surface area contributed by atoms with Crippen molar-refractivity contribution in [3.8, 4) is 56.4 Å². The van der Waals surface area contributed by atoms with Gasteiger partial charge in [0.15, 0.2) is 17.5 Å². The number of furan rings is 2. The van der Waals surface area contributed by atoms with Crippen LogP contribution in [0.25, 0.3) is 111 Å². The van der Waals surface area contributed by atoms with Crippen molar-refractivity contribution in [2.24, 2.45) is 0 Å². The summed E-state index contributed by atoms with van der Waals surface area (Å²) in [7, 11) is 0. The number of fused-ring (bicyclic) bond motifs is 8. The Labute approximate surface area is 359 Å². The van der Waals surface area contributed by atoms with Gasteiger partial charge in [0.2, 0.25) is 0 Å². The Balaban J connectivity index is 1.03. The third-order valence-electron chi connectivity index (χ3n) is 13.4. The van der Waals surface area contributed by atoms with Crippen LogP contribution >= 0.6 is 0 Å². The average molecular weight is 802 g/mol. The van der Waals surface area contributed by atoms with E-state index in [2.05, 4.69) is 143 Å². The van der Waals surface area contributed by atoms with Gasteiger partial charge in [0, 0.05) is 38.2 Å². The molecule has 3 heterocycles. The molecule has 0 saturated carbocycles. The second-order valence-corrected chi connectivity index (χ2v) is 18.2. The van der Waals surface area contributed by atoms with Gasteiger partial charge in [-0.3, -0.25) is 0 Å². The number of benzene rings is 8. The number of aromatic nitrogens is 3. The van der Waals surface area contributed by atoms with Crippen LogP contribution in [-0.2, 0) is 10.8 Å². The van der Waals surface area contributed by atoms with E-state index in [0.717, 1.165) is 76.9 Å². The quantitative estimate of drug-likeness (QED) is 0.173. The molecule has 0 N–H and O–H groups in total. The molecule has 0 saturated heterocycles. The van der Waals surface area contributed by atoms with Crippen LogP contribution in [0.4, 0.5) is 0 Å². The highest BCUT2D eigenvalue weighted by atomic mass is 16.3. The molecule has 0 amide bonds. The number of hydrogen-bond donors (Lipinski definition) is 0. The molecular weight excluding hydrogens is 759 g/mol. The summed E-state index contributed by atoms with van der Waals surface area (Å²) in [5.74, 6) is 1.74. The van der Waals surface area contributed by atoms with Gasteiger partial charge < -0.3 is 8.83 Å². The lowest BCUT2D eigenvalue weighted by Crippen LogP contribution is -2.33. The van der Waals surface area contributed by atoms with Gasteiger partial charge in [-0.05, 0) is 110 Å². The fourth-order valence-corrected chi connectivity index (χ4v) is 9.86. The van der Waals surface area contributed by atoms with E-state index < -0.39 is 0 Å². The molecule has 12 rings (SSSR count). The summed E-state index contributed by atoms with van der Waals surface area (Å²) in [6, 6.07) is 57.6. The van der Waals surface area contributed by atoms with Gasteiger partial charge in [0.05, 0.1) is 0 Å². The molecule has 8 aromatic carbocycles. The van der Waals surface area contributed by atoms with E-state index in [4.69, 9.17) is 23.8 Å². The standard InChI is InChI=1S/C57H43N3O2/c1-56(2)28-29-57(3,4)46-32-38(25-27-45(46)56)39-24-26-42-50(33-39)62-49-19-11-16-44(52(42)49)55-59-53(40-23-22-36-30-35(20-21-37(36)31-40)34-12-6-5-7-13-34)58-54(60-55)43-15-10-18-48-51(43)41-14-8-9-17-47(41)61-48/h5-27,30-33H,28-29H2,1-4H3. The van der Waals surface area contributed by atoms with Crippen molar-refractivity contribution >= 4 is 54.6 Å². The molecule has 5 heteroatoms. The summed E-state index contributed by atoms with van der Waals surface area (Å²) in [6.45, 7) is 9.51. The summed E-state index contributed by atoms with van der Waals surface area (Å²) in [6.07, 6.45) is 2.37. The zero-order chi connectivity index (χ0) is 41.7. The maximum atomic E-state index is 6.69. The number of hydrogen-bond acceptors (Lipinski definition) is 5. The van der Waals surface area contributed by atoms with E-state index >= 15 is 0 Å². The van der Waals surface area contributed by atoms with Gasteiger partial charge in [-0.15, -0.1) is 0 Å².